The SMILES string of the molecule is COc1ccc(CCNC(=O)c2cnc(NCCC3=CCCCC3)nc2)cc1. The number of carbonyl (C=O) groups excluding carboxylic acids is 1. The normalized spacial score (nSPS) is 13.5. The van der Waals surface area contributed by atoms with Crippen LogP contribution in [0.1, 0.15) is 48.0 Å². The highest BCUT2D eigenvalue weighted by Gasteiger charge is 2.08. The fourth-order valence-electron chi connectivity index (χ4n) is 3.22. The fraction of sp³-hybridized carbons (Fsp3) is 0.409. The first kappa shape index (κ1) is 19.9. The lowest BCUT2D eigenvalue weighted by Gasteiger charge is -2.12. The van der Waals surface area contributed by atoms with Crippen LogP contribution in [0.25, 0.3) is 0 Å². The Labute approximate surface area is 166 Å². The van der Waals surface area contributed by atoms with Gasteiger partial charge in [-0.3, -0.25) is 4.79 Å². The molecule has 148 valence electrons. The number of hydrogen-bond donors (Lipinski definition) is 2. The highest BCUT2D eigenvalue weighted by molar-refractivity contribution is 5.93. The molecule has 0 fully saturated rings. The summed E-state index contributed by atoms with van der Waals surface area (Å²) in [5, 5.41) is 6.13. The zero-order chi connectivity index (χ0) is 19.6. The van der Waals surface area contributed by atoms with Gasteiger partial charge in [-0.1, -0.05) is 23.8 Å². The Kier molecular flexibility index (Phi) is 7.41. The number of nitrogens with zero attached hydrogens (tertiary/aromatic N) is 2. The summed E-state index contributed by atoms with van der Waals surface area (Å²) in [6.07, 6.45) is 12.3. The Morgan fingerprint density at radius 1 is 1.07 bits per heavy atom. The molecule has 1 heterocycles. The number of allylic oxidation sites excluding steroid dienone is 1. The lowest BCUT2D eigenvalue weighted by atomic mass is 9.97. The molecule has 1 aliphatic carbocycles. The van der Waals surface area contributed by atoms with Crippen LogP contribution in [-0.4, -0.2) is 36.1 Å². The van der Waals surface area contributed by atoms with Gasteiger partial charge in [0.1, 0.15) is 5.75 Å². The summed E-state index contributed by atoms with van der Waals surface area (Å²) < 4.78 is 5.14. The van der Waals surface area contributed by atoms with E-state index in [2.05, 4.69) is 26.7 Å². The number of amides is 1. The molecule has 0 aliphatic heterocycles. The molecule has 28 heavy (non-hydrogen) atoms. The van der Waals surface area contributed by atoms with E-state index in [0.29, 0.717) is 18.1 Å². The van der Waals surface area contributed by atoms with Crippen molar-refractivity contribution in [2.24, 2.45) is 0 Å². The topological polar surface area (TPSA) is 76.1 Å². The monoisotopic (exact) mass is 380 g/mol. The van der Waals surface area contributed by atoms with Crippen LogP contribution in [0.3, 0.4) is 0 Å². The van der Waals surface area contributed by atoms with Gasteiger partial charge in [0.15, 0.2) is 0 Å². The Bertz CT molecular complexity index is 785. The number of hydrogen-bond acceptors (Lipinski definition) is 5. The highest BCUT2D eigenvalue weighted by atomic mass is 16.5. The molecule has 0 unspecified atom stereocenters. The quantitative estimate of drug-likeness (QED) is 0.648. The zero-order valence-electron chi connectivity index (χ0n) is 16.4. The minimum atomic E-state index is -0.160. The molecule has 6 heteroatoms. The van der Waals surface area contributed by atoms with Gasteiger partial charge in [-0.05, 0) is 56.2 Å². The van der Waals surface area contributed by atoms with Crippen molar-refractivity contribution in [1.29, 1.82) is 0 Å². The van der Waals surface area contributed by atoms with Gasteiger partial charge in [-0.2, -0.15) is 0 Å². The van der Waals surface area contributed by atoms with E-state index >= 15 is 0 Å². The molecule has 1 aromatic carbocycles. The maximum Gasteiger partial charge on any atom is 0.254 e. The second kappa shape index (κ2) is 10.4. The zero-order valence-corrected chi connectivity index (χ0v) is 16.4. The number of ether oxygens (including phenoxy) is 1. The van der Waals surface area contributed by atoms with Crippen LogP contribution in [0.15, 0.2) is 48.3 Å². The molecule has 1 aliphatic rings. The van der Waals surface area contributed by atoms with E-state index in [-0.39, 0.29) is 5.91 Å². The van der Waals surface area contributed by atoms with Crippen LogP contribution < -0.4 is 15.4 Å². The van der Waals surface area contributed by atoms with Gasteiger partial charge in [-0.15, -0.1) is 0 Å². The van der Waals surface area contributed by atoms with Crippen LogP contribution in [0.2, 0.25) is 0 Å². The summed E-state index contributed by atoms with van der Waals surface area (Å²) in [4.78, 5) is 20.7. The molecule has 6 nitrogen and oxygen atoms in total. The van der Waals surface area contributed by atoms with E-state index in [4.69, 9.17) is 4.74 Å². The summed E-state index contributed by atoms with van der Waals surface area (Å²) >= 11 is 0. The number of rotatable bonds is 9. The molecule has 0 atom stereocenters. The maximum atomic E-state index is 12.2. The molecule has 0 spiro atoms. The Hall–Kier alpha value is -2.89. The molecule has 0 radical (unpaired) electrons. The van der Waals surface area contributed by atoms with Crippen LogP contribution in [0, 0.1) is 0 Å². The van der Waals surface area contributed by atoms with Gasteiger partial charge < -0.3 is 15.4 Å². The minimum Gasteiger partial charge on any atom is -0.497 e. The number of carbonyl (C=O) groups is 1. The van der Waals surface area contributed by atoms with Crippen molar-refractivity contribution in [3.63, 3.8) is 0 Å². The lowest BCUT2D eigenvalue weighted by Crippen LogP contribution is -2.26. The first-order valence-electron chi connectivity index (χ1n) is 9.89. The van der Waals surface area contributed by atoms with Crippen LogP contribution >= 0.6 is 0 Å². The second-order valence-corrected chi connectivity index (χ2v) is 6.93. The molecule has 2 N–H and O–H groups in total. The van der Waals surface area contributed by atoms with Crippen molar-refractivity contribution < 1.29 is 9.53 Å². The Morgan fingerprint density at radius 3 is 2.54 bits per heavy atom. The van der Waals surface area contributed by atoms with E-state index in [9.17, 15) is 4.79 Å². The summed E-state index contributed by atoms with van der Waals surface area (Å²) in [5.41, 5.74) is 3.13. The van der Waals surface area contributed by atoms with E-state index in [1.165, 1.54) is 31.3 Å². The third-order valence-electron chi connectivity index (χ3n) is 4.89. The average Bonchev–Trinajstić information content (AvgIpc) is 2.75. The van der Waals surface area contributed by atoms with Crippen molar-refractivity contribution in [2.45, 2.75) is 38.5 Å². The standard InChI is InChI=1S/C22H28N4O2/c1-28-20-9-7-18(8-10-20)11-13-23-21(27)19-15-25-22(26-16-19)24-14-12-17-5-3-2-4-6-17/h5,7-10,15-16H,2-4,6,11-14H2,1H3,(H,23,27)(H,24,25,26). The predicted molar refractivity (Wildman–Crippen MR) is 111 cm³/mol. The van der Waals surface area contributed by atoms with Crippen molar-refractivity contribution in [3.05, 3.63) is 59.4 Å². The Balaban J connectivity index is 1.39. The highest BCUT2D eigenvalue weighted by Crippen LogP contribution is 2.19. The third-order valence-corrected chi connectivity index (χ3v) is 4.89. The molecule has 2 aromatic rings. The summed E-state index contributed by atoms with van der Waals surface area (Å²) in [6, 6.07) is 7.83. The van der Waals surface area contributed by atoms with Crippen LogP contribution in [0.5, 0.6) is 5.75 Å². The number of benzene rings is 1. The van der Waals surface area contributed by atoms with Gasteiger partial charge in [0.25, 0.3) is 5.91 Å². The van der Waals surface area contributed by atoms with Gasteiger partial charge >= 0.3 is 0 Å². The maximum absolute atomic E-state index is 12.2. The van der Waals surface area contributed by atoms with Gasteiger partial charge in [0, 0.05) is 25.5 Å². The second-order valence-electron chi connectivity index (χ2n) is 6.93. The molecule has 3 rings (SSSR count). The lowest BCUT2D eigenvalue weighted by molar-refractivity contribution is 0.0953. The molecule has 0 saturated heterocycles. The molecule has 0 bridgehead atoms. The summed E-state index contributed by atoms with van der Waals surface area (Å²) in [6.45, 7) is 1.37. The van der Waals surface area contributed by atoms with Gasteiger partial charge in [0.2, 0.25) is 5.95 Å². The van der Waals surface area contributed by atoms with Gasteiger partial charge in [-0.25, -0.2) is 9.97 Å². The average molecular weight is 380 g/mol. The molecular weight excluding hydrogens is 352 g/mol. The van der Waals surface area contributed by atoms with E-state index < -0.39 is 0 Å². The number of anilines is 1. The summed E-state index contributed by atoms with van der Waals surface area (Å²) in [5.74, 6) is 1.23. The van der Waals surface area contributed by atoms with E-state index in [0.717, 1.165) is 30.7 Å². The van der Waals surface area contributed by atoms with Crippen LogP contribution in [-0.2, 0) is 6.42 Å². The van der Waals surface area contributed by atoms with Gasteiger partial charge in [0.05, 0.1) is 12.7 Å². The number of nitrogens with one attached hydrogen (secondary N) is 2. The van der Waals surface area contributed by atoms with Crippen molar-refractivity contribution in [1.82, 2.24) is 15.3 Å². The fourth-order valence-corrected chi connectivity index (χ4v) is 3.22. The van der Waals surface area contributed by atoms with E-state index in [1.54, 1.807) is 19.5 Å². The largest absolute Gasteiger partial charge is 0.497 e. The van der Waals surface area contributed by atoms with Crippen molar-refractivity contribution in [2.75, 3.05) is 25.5 Å². The third kappa shape index (κ3) is 6.08. The predicted octanol–water partition coefficient (Wildman–Crippen LogP) is 3.76. The number of methoxy groups -OCH3 is 1. The smallest absolute Gasteiger partial charge is 0.254 e. The van der Waals surface area contributed by atoms with Crippen LogP contribution in [0.4, 0.5) is 5.95 Å². The van der Waals surface area contributed by atoms with Crippen molar-refractivity contribution in [3.8, 4) is 5.75 Å². The Morgan fingerprint density at radius 2 is 1.86 bits per heavy atom. The molecule has 0 saturated carbocycles. The molecule has 1 amide bonds. The molecule has 1 aromatic heterocycles. The van der Waals surface area contributed by atoms with Crippen molar-refractivity contribution >= 4 is 11.9 Å². The summed E-state index contributed by atoms with van der Waals surface area (Å²) in [7, 11) is 1.65. The molecular formula is C22H28N4O2. The minimum absolute atomic E-state index is 0.160. The van der Waals surface area contributed by atoms with E-state index in [1.807, 2.05) is 24.3 Å². The number of aromatic nitrogens is 2. The first-order chi connectivity index (χ1) is 13.7. The first-order valence-corrected chi connectivity index (χ1v) is 9.89.